The van der Waals surface area contributed by atoms with Crippen molar-refractivity contribution in [1.29, 1.82) is 0 Å². The Morgan fingerprint density at radius 2 is 1.62 bits per heavy atom. The first-order chi connectivity index (χ1) is 19.7. The molecule has 0 heterocycles. The molecule has 3 atom stereocenters. The van der Waals surface area contributed by atoms with E-state index in [0.29, 0.717) is 17.7 Å². The van der Waals surface area contributed by atoms with Gasteiger partial charge in [0, 0.05) is 11.7 Å². The fourth-order valence-corrected chi connectivity index (χ4v) is 4.85. The van der Waals surface area contributed by atoms with Gasteiger partial charge in [0.2, 0.25) is 11.8 Å². The van der Waals surface area contributed by atoms with E-state index in [1.165, 1.54) is 4.90 Å². The summed E-state index contributed by atoms with van der Waals surface area (Å²) in [5, 5.41) is 7.50. The Labute approximate surface area is 247 Å². The number of aryl methyl sites for hydroxylation is 2. The van der Waals surface area contributed by atoms with Crippen molar-refractivity contribution in [1.82, 2.24) is 10.2 Å². The third-order valence-electron chi connectivity index (χ3n) is 6.98. The molecule has 3 aromatic carbocycles. The second-order valence-corrected chi connectivity index (χ2v) is 11.7. The lowest BCUT2D eigenvalue weighted by Crippen LogP contribution is -2.55. The van der Waals surface area contributed by atoms with Crippen LogP contribution in [0, 0.1) is 13.8 Å². The summed E-state index contributed by atoms with van der Waals surface area (Å²) in [7, 11) is 0. The number of nitrogens with one attached hydrogen (secondary N) is 2. The lowest BCUT2D eigenvalue weighted by molar-refractivity contribution is -0.144. The van der Waals surface area contributed by atoms with Crippen molar-refractivity contribution >= 4 is 40.3 Å². The molecule has 9 heteroatoms. The number of carbonyl (C=O) groups is 4. The van der Waals surface area contributed by atoms with Crippen molar-refractivity contribution in [2.75, 3.05) is 5.32 Å². The molecule has 0 bridgehead atoms. The van der Waals surface area contributed by atoms with Gasteiger partial charge in [0.25, 0.3) is 5.91 Å². The minimum Gasteiger partial charge on any atom is -0.444 e. The SMILES string of the molecule is CCC(C)N(C(=O)C(CC(N)=O)NC(=O)OC(C)(C)C)C(C(=O)Nc1ccc2ccccc2c1)c1ccc(C)cc1C. The fraction of sp³-hybridized carbons (Fsp3) is 0.394. The largest absolute Gasteiger partial charge is 0.444 e. The molecule has 0 saturated heterocycles. The number of alkyl carbamates (subject to hydrolysis) is 1. The number of rotatable bonds is 10. The van der Waals surface area contributed by atoms with Crippen molar-refractivity contribution in [2.45, 2.75) is 85.0 Å². The van der Waals surface area contributed by atoms with Crippen LogP contribution < -0.4 is 16.4 Å². The summed E-state index contributed by atoms with van der Waals surface area (Å²) in [6.45, 7) is 12.6. The van der Waals surface area contributed by atoms with E-state index < -0.39 is 54.0 Å². The molecule has 0 radical (unpaired) electrons. The van der Waals surface area contributed by atoms with Crippen LogP contribution in [0.4, 0.5) is 10.5 Å². The summed E-state index contributed by atoms with van der Waals surface area (Å²) in [4.78, 5) is 54.6. The number of hydrogen-bond donors (Lipinski definition) is 3. The molecule has 0 aromatic heterocycles. The van der Waals surface area contributed by atoms with Crippen LogP contribution in [-0.4, -0.2) is 46.4 Å². The molecule has 0 aliphatic rings. The highest BCUT2D eigenvalue weighted by atomic mass is 16.6. The van der Waals surface area contributed by atoms with Crippen LogP contribution in [0.1, 0.15) is 70.2 Å². The van der Waals surface area contributed by atoms with Gasteiger partial charge >= 0.3 is 6.09 Å². The molecule has 0 spiro atoms. The van der Waals surface area contributed by atoms with Gasteiger partial charge in [0.05, 0.1) is 6.42 Å². The standard InChI is InChI=1S/C33H42N4O5/c1-8-22(4)37(31(40)27(19-28(34)38)36-32(41)42-33(5,6)7)29(26-16-13-20(2)17-21(26)3)30(39)35-25-15-14-23-11-9-10-12-24(23)18-25/h9-18,22,27,29H,8,19H2,1-7H3,(H2,34,38)(H,35,39)(H,36,41). The Balaban J connectivity index is 2.09. The molecule has 0 fully saturated rings. The number of nitrogens with zero attached hydrogens (tertiary/aromatic N) is 1. The minimum absolute atomic E-state index is 0.430. The number of amides is 4. The van der Waals surface area contributed by atoms with Crippen molar-refractivity contribution in [3.05, 3.63) is 77.4 Å². The lowest BCUT2D eigenvalue weighted by atomic mass is 9.94. The number of carbonyl (C=O) groups excluding carboxylic acids is 4. The van der Waals surface area contributed by atoms with Gasteiger partial charge in [-0.1, -0.05) is 61.0 Å². The first-order valence-electron chi connectivity index (χ1n) is 14.2. The number of benzene rings is 3. The van der Waals surface area contributed by atoms with E-state index in [1.807, 2.05) is 88.4 Å². The Morgan fingerprint density at radius 3 is 2.21 bits per heavy atom. The maximum Gasteiger partial charge on any atom is 0.408 e. The van der Waals surface area contributed by atoms with Crippen LogP contribution in [0.15, 0.2) is 60.7 Å². The highest BCUT2D eigenvalue weighted by molar-refractivity contribution is 6.01. The monoisotopic (exact) mass is 574 g/mol. The van der Waals surface area contributed by atoms with E-state index in [1.54, 1.807) is 20.8 Å². The summed E-state index contributed by atoms with van der Waals surface area (Å²) in [5.41, 5.74) is 7.69. The van der Waals surface area contributed by atoms with Gasteiger partial charge < -0.3 is 26.0 Å². The first kappa shape index (κ1) is 32.1. The molecular formula is C33H42N4O5. The maximum absolute atomic E-state index is 14.3. The van der Waals surface area contributed by atoms with Crippen LogP contribution in [0.2, 0.25) is 0 Å². The summed E-state index contributed by atoms with van der Waals surface area (Å²) >= 11 is 0. The second-order valence-electron chi connectivity index (χ2n) is 11.7. The highest BCUT2D eigenvalue weighted by Crippen LogP contribution is 2.31. The van der Waals surface area contributed by atoms with Crippen LogP contribution in [-0.2, 0) is 19.1 Å². The van der Waals surface area contributed by atoms with Gasteiger partial charge in [0.1, 0.15) is 17.7 Å². The molecule has 0 aliphatic heterocycles. The van der Waals surface area contributed by atoms with Crippen LogP contribution >= 0.6 is 0 Å². The van der Waals surface area contributed by atoms with Gasteiger partial charge in [-0.05, 0) is 82.0 Å². The van der Waals surface area contributed by atoms with E-state index in [0.717, 1.165) is 21.9 Å². The minimum atomic E-state index is -1.34. The number of nitrogens with two attached hydrogens (primary N) is 1. The molecule has 3 unspecified atom stereocenters. The van der Waals surface area contributed by atoms with Gasteiger partial charge in [-0.25, -0.2) is 4.79 Å². The average Bonchev–Trinajstić information content (AvgIpc) is 2.89. The van der Waals surface area contributed by atoms with Crippen molar-refractivity contribution < 1.29 is 23.9 Å². The highest BCUT2D eigenvalue weighted by Gasteiger charge is 2.39. The van der Waals surface area contributed by atoms with E-state index >= 15 is 0 Å². The second kappa shape index (κ2) is 13.5. The first-order valence-corrected chi connectivity index (χ1v) is 14.2. The fourth-order valence-electron chi connectivity index (χ4n) is 4.85. The molecule has 3 aromatic rings. The van der Waals surface area contributed by atoms with Crippen molar-refractivity contribution in [3.63, 3.8) is 0 Å². The van der Waals surface area contributed by atoms with E-state index in [-0.39, 0.29) is 0 Å². The van der Waals surface area contributed by atoms with Crippen molar-refractivity contribution in [3.8, 4) is 0 Å². The lowest BCUT2D eigenvalue weighted by Gasteiger charge is -2.38. The zero-order chi connectivity index (χ0) is 31.2. The number of primary amides is 1. The zero-order valence-corrected chi connectivity index (χ0v) is 25.5. The molecule has 4 N–H and O–H groups in total. The van der Waals surface area contributed by atoms with Crippen LogP contribution in [0.25, 0.3) is 10.8 Å². The third-order valence-corrected chi connectivity index (χ3v) is 6.98. The van der Waals surface area contributed by atoms with Crippen molar-refractivity contribution in [2.24, 2.45) is 5.73 Å². The molecular weight excluding hydrogens is 532 g/mol. The quantitative estimate of drug-likeness (QED) is 0.293. The number of ether oxygens (including phenoxy) is 1. The Morgan fingerprint density at radius 1 is 0.952 bits per heavy atom. The topological polar surface area (TPSA) is 131 Å². The van der Waals surface area contributed by atoms with Crippen LogP contribution in [0.5, 0.6) is 0 Å². The Kier molecular flexibility index (Phi) is 10.3. The van der Waals surface area contributed by atoms with Gasteiger partial charge in [-0.2, -0.15) is 0 Å². The number of fused-ring (bicyclic) bond motifs is 1. The molecule has 0 aliphatic carbocycles. The van der Waals surface area contributed by atoms with Crippen LogP contribution in [0.3, 0.4) is 0 Å². The number of anilines is 1. The Bertz CT molecular complexity index is 1460. The molecule has 9 nitrogen and oxygen atoms in total. The maximum atomic E-state index is 14.3. The summed E-state index contributed by atoms with van der Waals surface area (Å²) in [5.74, 6) is -1.83. The van der Waals surface area contributed by atoms with E-state index in [2.05, 4.69) is 10.6 Å². The molecule has 0 saturated carbocycles. The summed E-state index contributed by atoms with van der Waals surface area (Å²) in [6, 6.07) is 16.2. The van der Waals surface area contributed by atoms with Gasteiger partial charge in [-0.15, -0.1) is 0 Å². The van der Waals surface area contributed by atoms with E-state index in [4.69, 9.17) is 10.5 Å². The molecule has 42 heavy (non-hydrogen) atoms. The third kappa shape index (κ3) is 8.31. The smallest absolute Gasteiger partial charge is 0.408 e. The van der Waals surface area contributed by atoms with E-state index in [9.17, 15) is 19.2 Å². The molecule has 4 amide bonds. The molecule has 3 rings (SSSR count). The van der Waals surface area contributed by atoms with Gasteiger partial charge in [-0.3, -0.25) is 14.4 Å². The summed E-state index contributed by atoms with van der Waals surface area (Å²) < 4.78 is 5.35. The predicted molar refractivity (Wildman–Crippen MR) is 165 cm³/mol. The normalized spacial score (nSPS) is 13.5. The summed E-state index contributed by atoms with van der Waals surface area (Å²) in [6.07, 6.45) is -0.821. The predicted octanol–water partition coefficient (Wildman–Crippen LogP) is 5.53. The zero-order valence-electron chi connectivity index (χ0n) is 25.5. The Hall–Kier alpha value is -4.40. The number of hydrogen-bond acceptors (Lipinski definition) is 5. The molecule has 224 valence electrons. The van der Waals surface area contributed by atoms with Gasteiger partial charge in [0.15, 0.2) is 0 Å². The average molecular weight is 575 g/mol.